The predicted octanol–water partition coefficient (Wildman–Crippen LogP) is 0.828. The van der Waals surface area contributed by atoms with Gasteiger partial charge in [-0.05, 0) is 48.6 Å². The summed E-state index contributed by atoms with van der Waals surface area (Å²) in [5.74, 6) is 2.05. The fourth-order valence-corrected chi connectivity index (χ4v) is 4.84. The molecule has 3 aliphatic heterocycles. The number of ether oxygens (including phenoxy) is 2. The molecular weight excluding hydrogens is 270 g/mol. The molecule has 1 aromatic carbocycles. The van der Waals surface area contributed by atoms with Gasteiger partial charge in [0.1, 0.15) is 0 Å². The van der Waals surface area contributed by atoms with Crippen LogP contribution in [0.2, 0.25) is 0 Å². The van der Waals surface area contributed by atoms with Gasteiger partial charge in [0.25, 0.3) is 0 Å². The monoisotopic (exact) mass is 289 g/mol. The average molecular weight is 289 g/mol. The molecule has 5 rings (SSSR count). The third kappa shape index (κ3) is 1.57. The Morgan fingerprint density at radius 1 is 1.14 bits per heavy atom. The number of rotatable bonds is 0. The number of aliphatic hydroxyl groups is 2. The van der Waals surface area contributed by atoms with Crippen molar-refractivity contribution in [1.29, 1.82) is 0 Å². The van der Waals surface area contributed by atoms with Crippen molar-refractivity contribution in [1.82, 2.24) is 4.90 Å². The molecule has 4 aliphatic rings. The first-order chi connectivity index (χ1) is 10.2. The Hall–Kier alpha value is -1.30. The van der Waals surface area contributed by atoms with E-state index in [2.05, 4.69) is 11.0 Å². The number of aliphatic hydroxyl groups excluding tert-OH is 2. The molecule has 1 aliphatic carbocycles. The van der Waals surface area contributed by atoms with Crippen LogP contribution in [-0.2, 0) is 6.54 Å². The van der Waals surface area contributed by atoms with E-state index in [0.717, 1.165) is 43.0 Å². The van der Waals surface area contributed by atoms with Crippen LogP contribution in [0, 0.1) is 5.92 Å². The first-order valence-corrected chi connectivity index (χ1v) is 7.75. The Kier molecular flexibility index (Phi) is 2.41. The van der Waals surface area contributed by atoms with Crippen molar-refractivity contribution >= 4 is 0 Å². The summed E-state index contributed by atoms with van der Waals surface area (Å²) in [5.41, 5.74) is 2.34. The van der Waals surface area contributed by atoms with Crippen LogP contribution in [0.5, 0.6) is 11.5 Å². The van der Waals surface area contributed by atoms with Gasteiger partial charge in [-0.2, -0.15) is 0 Å². The Labute approximate surface area is 123 Å². The van der Waals surface area contributed by atoms with Crippen molar-refractivity contribution < 1.29 is 19.7 Å². The summed E-state index contributed by atoms with van der Waals surface area (Å²) in [4.78, 5) is 2.47. The van der Waals surface area contributed by atoms with E-state index in [1.54, 1.807) is 0 Å². The van der Waals surface area contributed by atoms with Crippen LogP contribution in [-0.4, -0.2) is 46.7 Å². The largest absolute Gasteiger partial charge is 0.454 e. The number of benzene rings is 1. The van der Waals surface area contributed by atoms with Gasteiger partial charge in [0.05, 0.1) is 12.2 Å². The second-order valence-electron chi connectivity index (χ2n) is 6.73. The van der Waals surface area contributed by atoms with Crippen LogP contribution in [0.15, 0.2) is 12.1 Å². The van der Waals surface area contributed by atoms with Crippen molar-refractivity contribution in [3.05, 3.63) is 23.3 Å². The minimum Gasteiger partial charge on any atom is -0.454 e. The predicted molar refractivity (Wildman–Crippen MR) is 74.2 cm³/mol. The molecular formula is C16H19NO4. The van der Waals surface area contributed by atoms with E-state index in [4.69, 9.17) is 9.47 Å². The lowest BCUT2D eigenvalue weighted by Gasteiger charge is -2.47. The van der Waals surface area contributed by atoms with Gasteiger partial charge in [0.2, 0.25) is 6.79 Å². The van der Waals surface area contributed by atoms with Gasteiger partial charge in [-0.15, -0.1) is 0 Å². The van der Waals surface area contributed by atoms with Gasteiger partial charge in [-0.25, -0.2) is 0 Å². The van der Waals surface area contributed by atoms with Crippen molar-refractivity contribution in [2.75, 3.05) is 13.3 Å². The molecule has 1 aromatic rings. The molecule has 0 spiro atoms. The average Bonchev–Trinajstić information content (AvgIpc) is 3.08. The molecule has 0 unspecified atom stereocenters. The van der Waals surface area contributed by atoms with E-state index < -0.39 is 12.2 Å². The minimum absolute atomic E-state index is 0.0144. The lowest BCUT2D eigenvalue weighted by molar-refractivity contribution is -0.0657. The molecule has 0 aromatic heterocycles. The van der Waals surface area contributed by atoms with Crippen LogP contribution in [0.4, 0.5) is 0 Å². The highest BCUT2D eigenvalue weighted by Gasteiger charge is 2.52. The topological polar surface area (TPSA) is 62.2 Å². The number of hydrogen-bond acceptors (Lipinski definition) is 5. The third-order valence-corrected chi connectivity index (χ3v) is 5.73. The maximum atomic E-state index is 10.6. The first kappa shape index (κ1) is 12.3. The zero-order valence-corrected chi connectivity index (χ0v) is 11.7. The molecule has 0 bridgehead atoms. The summed E-state index contributed by atoms with van der Waals surface area (Å²) < 4.78 is 11.0. The van der Waals surface area contributed by atoms with Crippen LogP contribution in [0.3, 0.4) is 0 Å². The molecule has 3 heterocycles. The van der Waals surface area contributed by atoms with E-state index in [1.807, 2.05) is 6.07 Å². The van der Waals surface area contributed by atoms with Gasteiger partial charge in [0, 0.05) is 18.5 Å². The van der Waals surface area contributed by atoms with Gasteiger partial charge in [0.15, 0.2) is 11.5 Å². The van der Waals surface area contributed by atoms with E-state index in [0.29, 0.717) is 12.0 Å². The van der Waals surface area contributed by atoms with E-state index >= 15 is 0 Å². The van der Waals surface area contributed by atoms with E-state index in [1.165, 1.54) is 5.56 Å². The molecule has 21 heavy (non-hydrogen) atoms. The molecule has 5 nitrogen and oxygen atoms in total. The van der Waals surface area contributed by atoms with Crippen LogP contribution in [0.1, 0.15) is 29.9 Å². The maximum absolute atomic E-state index is 10.6. The summed E-state index contributed by atoms with van der Waals surface area (Å²) in [6.07, 6.45) is 0.531. The quantitative estimate of drug-likeness (QED) is 0.741. The number of hydrogen-bond donors (Lipinski definition) is 2. The molecule has 112 valence electrons. The standard InChI is InChI=1S/C16H19NO4/c18-11-3-8-1-2-17-6-9-4-12-13(21-7-20-12)5-10(9)14(15(8)17)16(11)19/h4-5,8,11,14-16,18-19H,1-3,6-7H2/t8-,11+,14+,15+,16+/m0/s1. The molecule has 5 heteroatoms. The zero-order valence-electron chi connectivity index (χ0n) is 11.7. The molecule has 1 saturated carbocycles. The molecule has 1 saturated heterocycles. The fraction of sp³-hybridized carbons (Fsp3) is 0.625. The Morgan fingerprint density at radius 3 is 2.81 bits per heavy atom. The lowest BCUT2D eigenvalue weighted by Crippen LogP contribution is -2.53. The zero-order chi connectivity index (χ0) is 14.1. The Balaban J connectivity index is 1.66. The smallest absolute Gasteiger partial charge is 0.231 e. The summed E-state index contributed by atoms with van der Waals surface area (Å²) in [6, 6.07) is 4.43. The second kappa shape index (κ2) is 4.12. The fourth-order valence-electron chi connectivity index (χ4n) is 4.84. The van der Waals surface area contributed by atoms with Crippen molar-refractivity contribution in [2.24, 2.45) is 5.92 Å². The summed E-state index contributed by atoms with van der Waals surface area (Å²) in [7, 11) is 0. The molecule has 0 amide bonds. The van der Waals surface area contributed by atoms with Gasteiger partial charge >= 0.3 is 0 Å². The van der Waals surface area contributed by atoms with Crippen LogP contribution < -0.4 is 9.47 Å². The van der Waals surface area contributed by atoms with Gasteiger partial charge in [-0.1, -0.05) is 0 Å². The highest BCUT2D eigenvalue weighted by molar-refractivity contribution is 5.52. The normalized spacial score (nSPS) is 40.0. The summed E-state index contributed by atoms with van der Waals surface area (Å²) in [5, 5.41) is 20.8. The lowest BCUT2D eigenvalue weighted by atomic mass is 9.68. The van der Waals surface area contributed by atoms with E-state index in [9.17, 15) is 10.2 Å². The molecule has 2 N–H and O–H groups in total. The summed E-state index contributed by atoms with van der Waals surface area (Å²) in [6.45, 7) is 2.23. The number of fused-ring (bicyclic) bond motifs is 3. The molecule has 5 atom stereocenters. The minimum atomic E-state index is -0.689. The third-order valence-electron chi connectivity index (χ3n) is 5.73. The summed E-state index contributed by atoms with van der Waals surface area (Å²) >= 11 is 0. The van der Waals surface area contributed by atoms with Gasteiger partial charge < -0.3 is 19.7 Å². The first-order valence-electron chi connectivity index (χ1n) is 7.75. The maximum Gasteiger partial charge on any atom is 0.231 e. The van der Waals surface area contributed by atoms with Crippen LogP contribution in [0.25, 0.3) is 0 Å². The number of nitrogens with zero attached hydrogens (tertiary/aromatic N) is 1. The highest BCUT2D eigenvalue weighted by Crippen LogP contribution is 2.51. The van der Waals surface area contributed by atoms with Gasteiger partial charge in [-0.3, -0.25) is 4.90 Å². The second-order valence-corrected chi connectivity index (χ2v) is 6.73. The SMILES string of the molecule is O[C@H]1[C@@H]2c3cc4c(cc3CN3CC[C@@H](C[C@H]1O)[C@H]23)OCO4. The van der Waals surface area contributed by atoms with Crippen molar-refractivity contribution in [2.45, 2.75) is 43.6 Å². The molecule has 0 radical (unpaired) electrons. The van der Waals surface area contributed by atoms with E-state index in [-0.39, 0.29) is 12.7 Å². The Bertz CT molecular complexity index is 604. The highest BCUT2D eigenvalue weighted by atomic mass is 16.7. The van der Waals surface area contributed by atoms with Crippen molar-refractivity contribution in [3.8, 4) is 11.5 Å². The Morgan fingerprint density at radius 2 is 1.95 bits per heavy atom. The molecule has 2 fully saturated rings. The van der Waals surface area contributed by atoms with Crippen LogP contribution >= 0.6 is 0 Å². The van der Waals surface area contributed by atoms with Crippen molar-refractivity contribution in [3.63, 3.8) is 0 Å².